The van der Waals surface area contributed by atoms with Gasteiger partial charge >= 0.3 is 0 Å². The molecule has 0 saturated heterocycles. The number of rotatable bonds is 34. The van der Waals surface area contributed by atoms with Gasteiger partial charge in [-0.05, 0) is 32.1 Å². The van der Waals surface area contributed by atoms with E-state index in [1.54, 1.807) is 0 Å². The summed E-state index contributed by atoms with van der Waals surface area (Å²) in [5.41, 5.74) is 0. The van der Waals surface area contributed by atoms with Gasteiger partial charge in [-0.1, -0.05) is 175 Å². The summed E-state index contributed by atoms with van der Waals surface area (Å²) in [6.07, 6.45) is 35.1. The molecule has 0 heterocycles. The highest BCUT2D eigenvalue weighted by molar-refractivity contribution is 4.58. The van der Waals surface area contributed by atoms with Crippen LogP contribution in [0.3, 0.4) is 0 Å². The molecule has 0 fully saturated rings. The third-order valence-electron chi connectivity index (χ3n) is 8.39. The maximum Gasteiger partial charge on any atom is 0.155 e. The number of hydrogen-bond acceptors (Lipinski definition) is 4. The van der Waals surface area contributed by atoms with Crippen molar-refractivity contribution in [1.82, 2.24) is 0 Å². The number of hydrogen-bond donors (Lipinski definition) is 2. The molecular weight excluding hydrogens is 496 g/mol. The topological polar surface area (TPSA) is 58.9 Å². The number of unbranched alkanes of at least 4 members (excludes halogenated alkanes) is 24. The fourth-order valence-corrected chi connectivity index (χ4v) is 5.52. The van der Waals surface area contributed by atoms with E-state index in [-0.39, 0.29) is 6.10 Å². The SMILES string of the molecule is CCCCCCCCCCCCCCCC(O)OCC(CC)O[C@H](O)CCCCCCCCCCCCCCC. The Balaban J connectivity index is 3.51. The quantitative estimate of drug-likeness (QED) is 0.0596. The van der Waals surface area contributed by atoms with Crippen LogP contribution in [-0.2, 0) is 9.47 Å². The molecule has 0 aromatic heterocycles. The highest BCUT2D eigenvalue weighted by atomic mass is 16.6. The van der Waals surface area contributed by atoms with Crippen LogP contribution in [-0.4, -0.2) is 35.5 Å². The Hall–Kier alpha value is -0.160. The molecule has 0 radical (unpaired) electrons. The average Bonchev–Trinajstić information content (AvgIpc) is 2.96. The van der Waals surface area contributed by atoms with E-state index in [2.05, 4.69) is 13.8 Å². The summed E-state index contributed by atoms with van der Waals surface area (Å²) in [5.74, 6) is 0. The van der Waals surface area contributed by atoms with Gasteiger partial charge in [0.05, 0.1) is 12.7 Å². The van der Waals surface area contributed by atoms with E-state index in [0.717, 1.165) is 19.3 Å². The van der Waals surface area contributed by atoms with Crippen LogP contribution in [0.15, 0.2) is 0 Å². The fourth-order valence-electron chi connectivity index (χ4n) is 5.52. The summed E-state index contributed by atoms with van der Waals surface area (Å²) >= 11 is 0. The fraction of sp³-hybridized carbons (Fsp3) is 1.00. The Labute approximate surface area is 251 Å². The van der Waals surface area contributed by atoms with Crippen LogP contribution in [0.2, 0.25) is 0 Å². The smallest absolute Gasteiger partial charge is 0.155 e. The second-order valence-electron chi connectivity index (χ2n) is 12.5. The Morgan fingerprint density at radius 3 is 1.02 bits per heavy atom. The van der Waals surface area contributed by atoms with Crippen molar-refractivity contribution >= 4 is 0 Å². The summed E-state index contributed by atoms with van der Waals surface area (Å²) in [6.45, 7) is 6.95. The predicted octanol–water partition coefficient (Wildman–Crippen LogP) is 11.4. The molecule has 2 unspecified atom stereocenters. The van der Waals surface area contributed by atoms with Gasteiger partial charge in [0.2, 0.25) is 0 Å². The van der Waals surface area contributed by atoms with E-state index in [1.165, 1.54) is 154 Å². The lowest BCUT2D eigenvalue weighted by molar-refractivity contribution is -0.184. The molecule has 0 aliphatic rings. The lowest BCUT2D eigenvalue weighted by atomic mass is 10.0. The average molecular weight is 571 g/mol. The number of aliphatic hydroxyl groups is 2. The monoisotopic (exact) mass is 571 g/mol. The van der Waals surface area contributed by atoms with Crippen molar-refractivity contribution < 1.29 is 19.7 Å². The molecule has 2 N–H and O–H groups in total. The highest BCUT2D eigenvalue weighted by Crippen LogP contribution is 2.16. The Bertz CT molecular complexity index is 458. The van der Waals surface area contributed by atoms with Crippen LogP contribution in [0.4, 0.5) is 0 Å². The maximum absolute atomic E-state index is 10.3. The zero-order chi connectivity index (χ0) is 29.4. The van der Waals surface area contributed by atoms with Crippen molar-refractivity contribution in [1.29, 1.82) is 0 Å². The molecule has 0 saturated carbocycles. The Kier molecular flexibility index (Phi) is 33.2. The molecule has 3 atom stereocenters. The minimum Gasteiger partial charge on any atom is -0.368 e. The molecule has 0 aliphatic carbocycles. The van der Waals surface area contributed by atoms with Crippen molar-refractivity contribution in [2.45, 2.75) is 226 Å². The first kappa shape index (κ1) is 39.8. The minimum atomic E-state index is -0.723. The molecule has 4 nitrogen and oxygen atoms in total. The molecule has 242 valence electrons. The second kappa shape index (κ2) is 33.3. The van der Waals surface area contributed by atoms with Crippen LogP contribution in [0.5, 0.6) is 0 Å². The third-order valence-corrected chi connectivity index (χ3v) is 8.39. The second-order valence-corrected chi connectivity index (χ2v) is 12.5. The lowest BCUT2D eigenvalue weighted by Gasteiger charge is -2.22. The van der Waals surface area contributed by atoms with Crippen molar-refractivity contribution in [3.8, 4) is 0 Å². The summed E-state index contributed by atoms with van der Waals surface area (Å²) in [6, 6.07) is 0. The van der Waals surface area contributed by atoms with E-state index >= 15 is 0 Å². The normalized spacial score (nSPS) is 14.0. The molecule has 0 rings (SSSR count). The zero-order valence-electron chi connectivity index (χ0n) is 27.7. The van der Waals surface area contributed by atoms with Crippen molar-refractivity contribution in [3.63, 3.8) is 0 Å². The number of aliphatic hydroxyl groups excluding tert-OH is 2. The van der Waals surface area contributed by atoms with Gasteiger partial charge in [-0.3, -0.25) is 0 Å². The maximum atomic E-state index is 10.3. The molecule has 0 amide bonds. The predicted molar refractivity (Wildman–Crippen MR) is 174 cm³/mol. The summed E-state index contributed by atoms with van der Waals surface area (Å²) in [4.78, 5) is 0. The van der Waals surface area contributed by atoms with Crippen LogP contribution in [0, 0.1) is 0 Å². The minimum absolute atomic E-state index is 0.154. The number of ether oxygens (including phenoxy) is 2. The highest BCUT2D eigenvalue weighted by Gasteiger charge is 2.15. The van der Waals surface area contributed by atoms with Crippen LogP contribution in [0.1, 0.15) is 207 Å². The molecule has 0 bridgehead atoms. The standard InChI is InChI=1S/C36H74O4/c1-4-7-9-11-13-15-17-19-21-23-25-27-29-31-35(37)39-33-34(6-3)40-36(38)32-30-28-26-24-22-20-18-16-14-12-10-8-5-2/h34-38H,4-33H2,1-3H3/t34?,35?,36-/m0/s1. The summed E-state index contributed by atoms with van der Waals surface area (Å²) < 4.78 is 11.4. The molecule has 0 aromatic rings. The van der Waals surface area contributed by atoms with E-state index in [0.29, 0.717) is 19.4 Å². The van der Waals surface area contributed by atoms with Gasteiger partial charge in [0.1, 0.15) is 0 Å². The summed E-state index contributed by atoms with van der Waals surface area (Å²) in [5, 5.41) is 20.5. The van der Waals surface area contributed by atoms with Gasteiger partial charge in [0.15, 0.2) is 12.6 Å². The molecule has 4 heteroatoms. The van der Waals surface area contributed by atoms with E-state index < -0.39 is 12.6 Å². The van der Waals surface area contributed by atoms with Crippen molar-refractivity contribution in [3.05, 3.63) is 0 Å². The third kappa shape index (κ3) is 30.8. The molecule has 0 spiro atoms. The van der Waals surface area contributed by atoms with Crippen molar-refractivity contribution in [2.75, 3.05) is 6.61 Å². The van der Waals surface area contributed by atoms with Crippen LogP contribution >= 0.6 is 0 Å². The van der Waals surface area contributed by atoms with Crippen molar-refractivity contribution in [2.24, 2.45) is 0 Å². The van der Waals surface area contributed by atoms with Gasteiger partial charge in [-0.25, -0.2) is 0 Å². The first-order valence-corrected chi connectivity index (χ1v) is 18.3. The van der Waals surface area contributed by atoms with Crippen LogP contribution < -0.4 is 0 Å². The largest absolute Gasteiger partial charge is 0.368 e. The molecular formula is C36H74O4. The van der Waals surface area contributed by atoms with Gasteiger partial charge in [0, 0.05) is 0 Å². The molecule has 40 heavy (non-hydrogen) atoms. The summed E-state index contributed by atoms with van der Waals surface area (Å²) in [7, 11) is 0. The van der Waals surface area contributed by atoms with Gasteiger partial charge in [0.25, 0.3) is 0 Å². The van der Waals surface area contributed by atoms with E-state index in [9.17, 15) is 10.2 Å². The van der Waals surface area contributed by atoms with Crippen LogP contribution in [0.25, 0.3) is 0 Å². The first-order valence-electron chi connectivity index (χ1n) is 18.3. The lowest BCUT2D eigenvalue weighted by Crippen LogP contribution is -2.28. The van der Waals surface area contributed by atoms with E-state index in [1.807, 2.05) is 6.92 Å². The Morgan fingerprint density at radius 2 is 0.700 bits per heavy atom. The van der Waals surface area contributed by atoms with Gasteiger partial charge < -0.3 is 19.7 Å². The van der Waals surface area contributed by atoms with E-state index in [4.69, 9.17) is 9.47 Å². The Morgan fingerprint density at radius 1 is 0.400 bits per heavy atom. The van der Waals surface area contributed by atoms with Gasteiger partial charge in [-0.2, -0.15) is 0 Å². The zero-order valence-corrected chi connectivity index (χ0v) is 27.7. The molecule has 0 aliphatic heterocycles. The first-order chi connectivity index (χ1) is 19.6. The molecule has 0 aromatic carbocycles. The van der Waals surface area contributed by atoms with Gasteiger partial charge in [-0.15, -0.1) is 0 Å².